The van der Waals surface area contributed by atoms with Crippen molar-refractivity contribution < 1.29 is 33.9 Å². The summed E-state index contributed by atoms with van der Waals surface area (Å²) in [5.74, 6) is -4.42. The molecule has 0 bridgehead atoms. The highest BCUT2D eigenvalue weighted by Gasteiger charge is 2.41. The summed E-state index contributed by atoms with van der Waals surface area (Å²) in [5.41, 5.74) is 13.4. The van der Waals surface area contributed by atoms with Crippen molar-refractivity contribution in [2.45, 2.75) is 129 Å². The minimum Gasteiger partial charge on any atom is -0.480 e. The van der Waals surface area contributed by atoms with Crippen molar-refractivity contribution in [2.24, 2.45) is 29.2 Å². The van der Waals surface area contributed by atoms with Gasteiger partial charge in [-0.05, 0) is 74.5 Å². The standard InChI is InChI=1S/C39H62N8O7/c1-7-24(6)33(38(52)47-18-12-16-31(47)36(50)43-29(39(53)54)15-10-11-17-40)46-37(51)32(23(4)5)45-35(49)30(44-34(48)27(41)19-22(2)3)20-25-21-42-28-14-9-8-13-26(25)28/h8-9,13-14,21-24,27,29-33,42H,7,10-12,15-20,40-41H2,1-6H3,(H,43,50)(H,44,48)(H,45,49)(H,46,51)(H,53,54)/t24-,27-,29-,30-,31-,32-,33-/m0/s1. The molecule has 1 saturated heterocycles. The van der Waals surface area contributed by atoms with Crippen LogP contribution < -0.4 is 32.7 Å². The van der Waals surface area contributed by atoms with Gasteiger partial charge in [-0.15, -0.1) is 0 Å². The molecule has 1 aliphatic rings. The zero-order valence-corrected chi connectivity index (χ0v) is 32.7. The maximum atomic E-state index is 14.1. The second-order valence-electron chi connectivity index (χ2n) is 15.3. The topological polar surface area (TPSA) is 242 Å². The van der Waals surface area contributed by atoms with E-state index in [0.717, 1.165) is 16.5 Å². The van der Waals surface area contributed by atoms with Crippen molar-refractivity contribution in [2.75, 3.05) is 13.1 Å². The average Bonchev–Trinajstić information content (AvgIpc) is 3.79. The van der Waals surface area contributed by atoms with Crippen molar-refractivity contribution in [3.05, 3.63) is 36.0 Å². The van der Waals surface area contributed by atoms with Crippen LogP contribution in [0.3, 0.4) is 0 Å². The highest BCUT2D eigenvalue weighted by molar-refractivity contribution is 5.97. The number of H-pyrrole nitrogens is 1. The van der Waals surface area contributed by atoms with E-state index in [-0.39, 0.29) is 31.2 Å². The molecule has 5 amide bonds. The molecule has 1 fully saturated rings. The fourth-order valence-corrected chi connectivity index (χ4v) is 6.84. The molecule has 1 aliphatic heterocycles. The summed E-state index contributed by atoms with van der Waals surface area (Å²) in [4.78, 5) is 85.3. The fraction of sp³-hybridized carbons (Fsp3) is 0.641. The third kappa shape index (κ3) is 12.0. The van der Waals surface area contributed by atoms with E-state index in [2.05, 4.69) is 26.3 Å². The number of likely N-dealkylation sites (tertiary alicyclic amines) is 1. The number of hydrogen-bond donors (Lipinski definition) is 8. The third-order valence-corrected chi connectivity index (χ3v) is 10.2. The van der Waals surface area contributed by atoms with Crippen LogP contribution >= 0.6 is 0 Å². The molecular formula is C39H62N8O7. The average molecular weight is 755 g/mol. The molecule has 7 atom stereocenters. The van der Waals surface area contributed by atoms with Gasteiger partial charge < -0.3 is 47.7 Å². The summed E-state index contributed by atoms with van der Waals surface area (Å²) in [6.07, 6.45) is 5.10. The first-order chi connectivity index (χ1) is 25.6. The van der Waals surface area contributed by atoms with Gasteiger partial charge in [-0.1, -0.05) is 66.2 Å². The molecule has 1 aromatic heterocycles. The SMILES string of the molecule is CC[C@H](C)[C@H](NC(=O)[C@@H](NC(=O)[C@H](Cc1c[nH]c2ccccc12)NC(=O)[C@@H](N)CC(C)C)C(C)C)C(=O)N1CCC[C@H]1C(=O)N[C@@H](CCCCN)C(=O)O. The maximum Gasteiger partial charge on any atom is 0.326 e. The zero-order chi connectivity index (χ0) is 40.1. The first kappa shape index (κ1) is 43.9. The van der Waals surface area contributed by atoms with Crippen LogP contribution in [0.25, 0.3) is 10.9 Å². The number of nitrogens with two attached hydrogens (primary N) is 2. The highest BCUT2D eigenvalue weighted by atomic mass is 16.4. The number of aliphatic carboxylic acids is 1. The highest BCUT2D eigenvalue weighted by Crippen LogP contribution is 2.23. The Balaban J connectivity index is 1.81. The fourth-order valence-electron chi connectivity index (χ4n) is 6.84. The lowest BCUT2D eigenvalue weighted by Crippen LogP contribution is -2.61. The molecule has 15 nitrogen and oxygen atoms in total. The summed E-state index contributed by atoms with van der Waals surface area (Å²) >= 11 is 0. The van der Waals surface area contributed by atoms with Crippen molar-refractivity contribution in [1.29, 1.82) is 0 Å². The molecule has 0 unspecified atom stereocenters. The number of carbonyl (C=O) groups is 6. The van der Waals surface area contributed by atoms with Crippen LogP contribution in [0.5, 0.6) is 0 Å². The Labute approximate surface area is 318 Å². The summed E-state index contributed by atoms with van der Waals surface area (Å²) < 4.78 is 0. The molecule has 10 N–H and O–H groups in total. The van der Waals surface area contributed by atoms with E-state index in [0.29, 0.717) is 45.1 Å². The molecule has 15 heteroatoms. The van der Waals surface area contributed by atoms with Crippen molar-refractivity contribution in [3.63, 3.8) is 0 Å². The van der Waals surface area contributed by atoms with Crippen molar-refractivity contribution in [3.8, 4) is 0 Å². The number of nitrogens with zero attached hydrogens (tertiary/aromatic N) is 1. The number of hydrogen-bond acceptors (Lipinski definition) is 8. The van der Waals surface area contributed by atoms with Crippen molar-refractivity contribution >= 4 is 46.4 Å². The Morgan fingerprint density at radius 1 is 0.907 bits per heavy atom. The largest absolute Gasteiger partial charge is 0.480 e. The molecule has 54 heavy (non-hydrogen) atoms. The minimum atomic E-state index is -1.16. The molecule has 3 rings (SSSR count). The second-order valence-corrected chi connectivity index (χ2v) is 15.3. The van der Waals surface area contributed by atoms with Gasteiger partial charge in [-0.25, -0.2) is 4.79 Å². The lowest BCUT2D eigenvalue weighted by Gasteiger charge is -2.33. The number of fused-ring (bicyclic) bond motifs is 1. The summed E-state index contributed by atoms with van der Waals surface area (Å²) in [6, 6.07) is 1.59. The molecular weight excluding hydrogens is 692 g/mol. The van der Waals surface area contributed by atoms with Crippen LogP contribution in [0.2, 0.25) is 0 Å². The summed E-state index contributed by atoms with van der Waals surface area (Å²) in [7, 11) is 0. The summed E-state index contributed by atoms with van der Waals surface area (Å²) in [6.45, 7) is 11.8. The van der Waals surface area contributed by atoms with Gasteiger partial charge >= 0.3 is 5.97 Å². The van der Waals surface area contributed by atoms with Crippen LogP contribution in [0, 0.1) is 17.8 Å². The van der Waals surface area contributed by atoms with Crippen LogP contribution in [0.15, 0.2) is 30.5 Å². The van der Waals surface area contributed by atoms with Gasteiger partial charge in [0.1, 0.15) is 30.2 Å². The number of carboxylic acid groups (broad SMARTS) is 1. The molecule has 0 saturated carbocycles. The Morgan fingerprint density at radius 3 is 2.22 bits per heavy atom. The number of aromatic nitrogens is 1. The number of rotatable bonds is 21. The van der Waals surface area contributed by atoms with E-state index in [1.165, 1.54) is 4.90 Å². The number of nitrogens with one attached hydrogen (secondary N) is 5. The van der Waals surface area contributed by atoms with Crippen molar-refractivity contribution in [1.82, 2.24) is 31.2 Å². The van der Waals surface area contributed by atoms with E-state index in [4.69, 9.17) is 11.5 Å². The van der Waals surface area contributed by atoms with Gasteiger partial charge in [0, 0.05) is 30.1 Å². The van der Waals surface area contributed by atoms with Crippen LogP contribution in [-0.2, 0) is 35.2 Å². The molecule has 0 radical (unpaired) electrons. The Hall–Kier alpha value is -4.50. The first-order valence-electron chi connectivity index (χ1n) is 19.3. The van der Waals surface area contributed by atoms with Gasteiger partial charge in [0.25, 0.3) is 0 Å². The van der Waals surface area contributed by atoms with E-state index >= 15 is 0 Å². The van der Waals surface area contributed by atoms with E-state index in [9.17, 15) is 33.9 Å². The summed E-state index contributed by atoms with van der Waals surface area (Å²) in [5, 5.41) is 21.7. The predicted molar refractivity (Wildman–Crippen MR) is 207 cm³/mol. The molecule has 300 valence electrons. The monoisotopic (exact) mass is 754 g/mol. The van der Waals surface area contributed by atoms with E-state index in [1.807, 2.05) is 52.0 Å². The number of unbranched alkanes of at least 4 members (excludes halogenated alkanes) is 1. The van der Waals surface area contributed by atoms with Gasteiger partial charge in [0.2, 0.25) is 29.5 Å². The number of para-hydroxylation sites is 1. The smallest absolute Gasteiger partial charge is 0.326 e. The molecule has 2 heterocycles. The van der Waals surface area contributed by atoms with Crippen LogP contribution in [0.1, 0.15) is 92.1 Å². The number of benzene rings is 1. The second kappa shape index (κ2) is 20.8. The van der Waals surface area contributed by atoms with Gasteiger partial charge in [-0.2, -0.15) is 0 Å². The lowest BCUT2D eigenvalue weighted by molar-refractivity contribution is -0.145. The van der Waals surface area contributed by atoms with Crippen LogP contribution in [0.4, 0.5) is 0 Å². The van der Waals surface area contributed by atoms with E-state index < -0.39 is 77.7 Å². The number of aromatic amines is 1. The first-order valence-corrected chi connectivity index (χ1v) is 19.3. The number of amides is 5. The molecule has 1 aromatic carbocycles. The predicted octanol–water partition coefficient (Wildman–Crippen LogP) is 1.93. The van der Waals surface area contributed by atoms with Gasteiger partial charge in [0.15, 0.2) is 0 Å². The lowest BCUT2D eigenvalue weighted by atomic mass is 9.95. The normalized spacial score (nSPS) is 17.7. The molecule has 2 aromatic rings. The van der Waals surface area contributed by atoms with Crippen LogP contribution in [-0.4, -0.2) is 99.8 Å². The third-order valence-electron chi connectivity index (χ3n) is 10.2. The Bertz CT molecular complexity index is 1590. The quantitative estimate of drug-likeness (QED) is 0.0868. The maximum absolute atomic E-state index is 14.1. The van der Waals surface area contributed by atoms with Gasteiger partial charge in [0.05, 0.1) is 6.04 Å². The minimum absolute atomic E-state index is 0.130. The Kier molecular flexibility index (Phi) is 16.9. The molecule has 0 aliphatic carbocycles. The van der Waals surface area contributed by atoms with Gasteiger partial charge in [-0.3, -0.25) is 24.0 Å². The Morgan fingerprint density at radius 2 is 1.59 bits per heavy atom. The zero-order valence-electron chi connectivity index (χ0n) is 32.7. The van der Waals surface area contributed by atoms with E-state index in [1.54, 1.807) is 20.0 Å². The molecule has 0 spiro atoms. The number of carboxylic acids is 1. The number of carbonyl (C=O) groups excluding carboxylic acids is 5.